The third kappa shape index (κ3) is 2.11. The van der Waals surface area contributed by atoms with Gasteiger partial charge in [0.2, 0.25) is 5.78 Å². The number of nitrogens with zero attached hydrogens (tertiary/aromatic N) is 3. The highest BCUT2D eigenvalue weighted by molar-refractivity contribution is 6.07. The first-order valence-electron chi connectivity index (χ1n) is 6.62. The number of benzene rings is 1. The van der Waals surface area contributed by atoms with Gasteiger partial charge >= 0.3 is 0 Å². The zero-order valence-corrected chi connectivity index (χ0v) is 11.5. The Balaban J connectivity index is 2.01. The summed E-state index contributed by atoms with van der Waals surface area (Å²) in [5, 5.41) is 8.66. The van der Waals surface area contributed by atoms with Gasteiger partial charge in [-0.2, -0.15) is 0 Å². The predicted molar refractivity (Wildman–Crippen MR) is 74.7 cm³/mol. The monoisotopic (exact) mass is 269 g/mol. The second-order valence-corrected chi connectivity index (χ2v) is 4.82. The Morgan fingerprint density at radius 3 is 3.00 bits per heavy atom. The lowest BCUT2D eigenvalue weighted by Crippen LogP contribution is -2.10. The van der Waals surface area contributed by atoms with Crippen molar-refractivity contribution in [1.82, 2.24) is 15.0 Å². The van der Waals surface area contributed by atoms with Gasteiger partial charge in [0, 0.05) is 11.9 Å². The summed E-state index contributed by atoms with van der Waals surface area (Å²) in [6, 6.07) is 7.61. The van der Waals surface area contributed by atoms with Crippen molar-refractivity contribution in [2.75, 3.05) is 0 Å². The molecule has 0 atom stereocenters. The number of aromatic nitrogens is 3. The molecule has 0 bridgehead atoms. The van der Waals surface area contributed by atoms with Crippen molar-refractivity contribution in [2.24, 2.45) is 0 Å². The van der Waals surface area contributed by atoms with Crippen molar-refractivity contribution in [3.63, 3.8) is 0 Å². The molecule has 0 unspecified atom stereocenters. The minimum Gasteiger partial charge on any atom is -0.453 e. The molecule has 0 saturated carbocycles. The molecule has 0 N–H and O–H groups in total. The Bertz CT molecular complexity index is 770. The molecule has 0 spiro atoms. The average molecular weight is 269 g/mol. The SMILES string of the molecule is CCCn1nncc1C(=O)c1cc2cc(C)ccc2o1. The van der Waals surface area contributed by atoms with E-state index < -0.39 is 0 Å². The standard InChI is InChI=1S/C15H15N3O2/c1-3-6-18-12(9-16-17-18)15(19)14-8-11-7-10(2)4-5-13(11)20-14/h4-5,7-9H,3,6H2,1-2H3. The smallest absolute Gasteiger partial charge is 0.247 e. The molecule has 20 heavy (non-hydrogen) atoms. The Morgan fingerprint density at radius 2 is 2.20 bits per heavy atom. The van der Waals surface area contributed by atoms with Crippen LogP contribution in [0.3, 0.4) is 0 Å². The predicted octanol–water partition coefficient (Wildman–Crippen LogP) is 2.97. The van der Waals surface area contributed by atoms with Crippen LogP contribution >= 0.6 is 0 Å². The van der Waals surface area contributed by atoms with E-state index in [4.69, 9.17) is 4.42 Å². The Hall–Kier alpha value is -2.43. The molecule has 3 aromatic rings. The zero-order valence-electron chi connectivity index (χ0n) is 11.5. The molecule has 0 amide bonds. The van der Waals surface area contributed by atoms with Gasteiger partial charge in [-0.25, -0.2) is 4.68 Å². The van der Waals surface area contributed by atoms with Crippen molar-refractivity contribution in [3.05, 3.63) is 47.5 Å². The van der Waals surface area contributed by atoms with Crippen molar-refractivity contribution < 1.29 is 9.21 Å². The molecule has 0 radical (unpaired) electrons. The van der Waals surface area contributed by atoms with Crippen molar-refractivity contribution in [3.8, 4) is 0 Å². The topological polar surface area (TPSA) is 60.9 Å². The van der Waals surface area contributed by atoms with Crippen LogP contribution in [0.2, 0.25) is 0 Å². The van der Waals surface area contributed by atoms with Crippen LogP contribution in [0.5, 0.6) is 0 Å². The number of hydrogen-bond donors (Lipinski definition) is 0. The zero-order chi connectivity index (χ0) is 14.1. The number of hydrogen-bond acceptors (Lipinski definition) is 4. The van der Waals surface area contributed by atoms with Gasteiger partial charge in [-0.3, -0.25) is 4.79 Å². The minimum absolute atomic E-state index is 0.183. The summed E-state index contributed by atoms with van der Waals surface area (Å²) < 4.78 is 7.24. The highest BCUT2D eigenvalue weighted by Gasteiger charge is 2.19. The van der Waals surface area contributed by atoms with Gasteiger partial charge in [0.05, 0.1) is 6.20 Å². The normalized spacial score (nSPS) is 11.1. The van der Waals surface area contributed by atoms with Crippen LogP contribution in [-0.4, -0.2) is 20.8 Å². The van der Waals surface area contributed by atoms with E-state index in [1.54, 1.807) is 10.7 Å². The second kappa shape index (κ2) is 4.92. The van der Waals surface area contributed by atoms with Crippen LogP contribution in [0.25, 0.3) is 11.0 Å². The third-order valence-electron chi connectivity index (χ3n) is 3.18. The number of furan rings is 1. The molecule has 102 valence electrons. The number of rotatable bonds is 4. The lowest BCUT2D eigenvalue weighted by atomic mass is 10.1. The molecule has 1 aromatic carbocycles. The van der Waals surface area contributed by atoms with E-state index in [-0.39, 0.29) is 5.78 Å². The molecule has 0 aliphatic carbocycles. The van der Waals surface area contributed by atoms with Gasteiger partial charge in [-0.15, -0.1) is 5.10 Å². The summed E-state index contributed by atoms with van der Waals surface area (Å²) in [6.45, 7) is 4.70. The first kappa shape index (κ1) is 12.6. The van der Waals surface area contributed by atoms with Crippen LogP contribution in [0.15, 0.2) is 34.9 Å². The lowest BCUT2D eigenvalue weighted by Gasteiger charge is -2.01. The van der Waals surface area contributed by atoms with Gasteiger partial charge in [0.25, 0.3) is 0 Å². The quantitative estimate of drug-likeness (QED) is 0.683. The van der Waals surface area contributed by atoms with Crippen LogP contribution in [0, 0.1) is 6.92 Å². The largest absolute Gasteiger partial charge is 0.453 e. The summed E-state index contributed by atoms with van der Waals surface area (Å²) in [4.78, 5) is 12.5. The first-order chi connectivity index (χ1) is 9.69. The van der Waals surface area contributed by atoms with Crippen LogP contribution in [0.1, 0.15) is 35.2 Å². The van der Waals surface area contributed by atoms with E-state index in [0.717, 1.165) is 17.4 Å². The Morgan fingerprint density at radius 1 is 1.35 bits per heavy atom. The second-order valence-electron chi connectivity index (χ2n) is 4.82. The molecular formula is C15H15N3O2. The summed E-state index contributed by atoms with van der Waals surface area (Å²) in [7, 11) is 0. The third-order valence-corrected chi connectivity index (χ3v) is 3.18. The molecule has 5 heteroatoms. The average Bonchev–Trinajstić information content (AvgIpc) is 3.04. The highest BCUT2D eigenvalue weighted by Crippen LogP contribution is 2.22. The summed E-state index contributed by atoms with van der Waals surface area (Å²) >= 11 is 0. The maximum atomic E-state index is 12.5. The van der Waals surface area contributed by atoms with E-state index in [2.05, 4.69) is 10.3 Å². The van der Waals surface area contributed by atoms with E-state index in [1.165, 1.54) is 6.20 Å². The van der Waals surface area contributed by atoms with Gasteiger partial charge in [0.1, 0.15) is 11.3 Å². The molecule has 0 saturated heterocycles. The maximum Gasteiger partial charge on any atom is 0.247 e. The van der Waals surface area contributed by atoms with E-state index in [1.807, 2.05) is 32.0 Å². The summed E-state index contributed by atoms with van der Waals surface area (Å²) in [5.74, 6) is 0.141. The molecule has 0 aliphatic heterocycles. The van der Waals surface area contributed by atoms with Crippen LogP contribution in [-0.2, 0) is 6.54 Å². The van der Waals surface area contributed by atoms with Gasteiger partial charge in [-0.1, -0.05) is 23.8 Å². The molecular weight excluding hydrogens is 254 g/mol. The first-order valence-corrected chi connectivity index (χ1v) is 6.62. The maximum absolute atomic E-state index is 12.5. The van der Waals surface area contributed by atoms with Crippen LogP contribution < -0.4 is 0 Å². The molecule has 2 heterocycles. The fourth-order valence-electron chi connectivity index (χ4n) is 2.21. The Kier molecular flexibility index (Phi) is 3.10. The van der Waals surface area contributed by atoms with E-state index in [9.17, 15) is 4.79 Å². The number of ketones is 1. The number of carbonyl (C=O) groups is 1. The van der Waals surface area contributed by atoms with Crippen LogP contribution in [0.4, 0.5) is 0 Å². The molecule has 0 aliphatic rings. The number of fused-ring (bicyclic) bond motifs is 1. The van der Waals surface area contributed by atoms with Gasteiger partial charge < -0.3 is 4.42 Å². The van der Waals surface area contributed by atoms with Gasteiger partial charge in [-0.05, 0) is 31.5 Å². The highest BCUT2D eigenvalue weighted by atomic mass is 16.3. The number of aryl methyl sites for hydroxylation is 2. The molecule has 0 fully saturated rings. The van der Waals surface area contributed by atoms with E-state index >= 15 is 0 Å². The molecule has 5 nitrogen and oxygen atoms in total. The van der Waals surface area contributed by atoms with E-state index in [0.29, 0.717) is 23.6 Å². The van der Waals surface area contributed by atoms with Crippen molar-refractivity contribution in [2.45, 2.75) is 26.8 Å². The van der Waals surface area contributed by atoms with Crippen molar-refractivity contribution in [1.29, 1.82) is 0 Å². The molecule has 3 rings (SSSR count). The van der Waals surface area contributed by atoms with Gasteiger partial charge in [0.15, 0.2) is 5.76 Å². The van der Waals surface area contributed by atoms with Crippen molar-refractivity contribution >= 4 is 16.8 Å². The summed E-state index contributed by atoms with van der Waals surface area (Å²) in [6.07, 6.45) is 2.37. The minimum atomic E-state index is -0.183. The fraction of sp³-hybridized carbons (Fsp3) is 0.267. The summed E-state index contributed by atoms with van der Waals surface area (Å²) in [5.41, 5.74) is 2.31. The number of carbonyl (C=O) groups excluding carboxylic acids is 1. The Labute approximate surface area is 116 Å². The molecule has 2 aromatic heterocycles. The fourth-order valence-corrected chi connectivity index (χ4v) is 2.21. The lowest BCUT2D eigenvalue weighted by molar-refractivity contribution is 0.100.